The highest BCUT2D eigenvalue weighted by molar-refractivity contribution is 9.10. The maximum absolute atomic E-state index is 12.1. The lowest BCUT2D eigenvalue weighted by Gasteiger charge is -2.04. The Morgan fingerprint density at radius 2 is 1.95 bits per heavy atom. The standard InChI is InChI=1S/C13H9BrN4O/c14-10-8-18-11(6-15-10)16-7-12(18)17-13(19)9-4-2-1-3-5-9/h1-8H,(H,17,19). The summed E-state index contributed by atoms with van der Waals surface area (Å²) in [7, 11) is 0. The molecule has 0 aliphatic rings. The first kappa shape index (κ1) is 11.9. The van der Waals surface area contributed by atoms with E-state index in [0.29, 0.717) is 21.6 Å². The molecule has 0 unspecified atom stereocenters. The predicted octanol–water partition coefficient (Wildman–Crippen LogP) is 2.74. The summed E-state index contributed by atoms with van der Waals surface area (Å²) >= 11 is 3.29. The van der Waals surface area contributed by atoms with E-state index < -0.39 is 0 Å². The molecule has 2 heterocycles. The monoisotopic (exact) mass is 316 g/mol. The number of carbonyl (C=O) groups excluding carboxylic acids is 1. The number of carbonyl (C=O) groups is 1. The Labute approximate surface area is 117 Å². The second-order valence-electron chi connectivity index (χ2n) is 3.90. The molecule has 0 atom stereocenters. The molecule has 1 amide bonds. The van der Waals surface area contributed by atoms with Crippen LogP contribution in [0.4, 0.5) is 5.82 Å². The zero-order chi connectivity index (χ0) is 13.2. The maximum atomic E-state index is 12.1. The van der Waals surface area contributed by atoms with Crippen LogP contribution in [0.3, 0.4) is 0 Å². The molecule has 0 saturated carbocycles. The Morgan fingerprint density at radius 3 is 2.74 bits per heavy atom. The van der Waals surface area contributed by atoms with Crippen molar-refractivity contribution in [2.24, 2.45) is 0 Å². The van der Waals surface area contributed by atoms with Gasteiger partial charge in [-0.15, -0.1) is 0 Å². The lowest BCUT2D eigenvalue weighted by Crippen LogP contribution is -2.13. The van der Waals surface area contributed by atoms with Crippen molar-refractivity contribution in [2.45, 2.75) is 0 Å². The van der Waals surface area contributed by atoms with Crippen LogP contribution in [0.2, 0.25) is 0 Å². The van der Waals surface area contributed by atoms with Gasteiger partial charge in [0.2, 0.25) is 0 Å². The first-order valence-corrected chi connectivity index (χ1v) is 6.38. The van der Waals surface area contributed by atoms with E-state index in [2.05, 4.69) is 31.2 Å². The lowest BCUT2D eigenvalue weighted by atomic mass is 10.2. The van der Waals surface area contributed by atoms with Gasteiger partial charge >= 0.3 is 0 Å². The molecular formula is C13H9BrN4O. The van der Waals surface area contributed by atoms with Crippen molar-refractivity contribution in [1.82, 2.24) is 14.4 Å². The van der Waals surface area contributed by atoms with Crippen molar-refractivity contribution in [3.63, 3.8) is 0 Å². The predicted molar refractivity (Wildman–Crippen MR) is 75.1 cm³/mol. The summed E-state index contributed by atoms with van der Waals surface area (Å²) in [5, 5.41) is 2.82. The van der Waals surface area contributed by atoms with Crippen molar-refractivity contribution in [3.05, 3.63) is 59.1 Å². The molecule has 0 radical (unpaired) electrons. The molecule has 5 nitrogen and oxygen atoms in total. The topological polar surface area (TPSA) is 59.3 Å². The van der Waals surface area contributed by atoms with Gasteiger partial charge in [0, 0.05) is 11.8 Å². The fourth-order valence-electron chi connectivity index (χ4n) is 1.74. The Bertz CT molecular complexity index is 739. The second-order valence-corrected chi connectivity index (χ2v) is 4.71. The van der Waals surface area contributed by atoms with Gasteiger partial charge in [-0.1, -0.05) is 18.2 Å². The van der Waals surface area contributed by atoms with E-state index in [1.54, 1.807) is 35.1 Å². The summed E-state index contributed by atoms with van der Waals surface area (Å²) < 4.78 is 2.44. The third kappa shape index (κ3) is 2.34. The minimum atomic E-state index is -0.171. The summed E-state index contributed by atoms with van der Waals surface area (Å²) in [5.74, 6) is 0.433. The fourth-order valence-corrected chi connectivity index (χ4v) is 2.04. The van der Waals surface area contributed by atoms with Crippen LogP contribution in [-0.2, 0) is 0 Å². The molecular weight excluding hydrogens is 308 g/mol. The van der Waals surface area contributed by atoms with Crippen LogP contribution in [0.15, 0.2) is 53.5 Å². The Morgan fingerprint density at radius 1 is 1.16 bits per heavy atom. The van der Waals surface area contributed by atoms with Crippen molar-refractivity contribution >= 4 is 33.3 Å². The Hall–Kier alpha value is -2.21. The number of hydrogen-bond acceptors (Lipinski definition) is 3. The van der Waals surface area contributed by atoms with Gasteiger partial charge in [-0.3, -0.25) is 9.20 Å². The first-order valence-electron chi connectivity index (χ1n) is 5.59. The maximum Gasteiger partial charge on any atom is 0.256 e. The number of anilines is 1. The minimum absolute atomic E-state index is 0.171. The smallest absolute Gasteiger partial charge is 0.256 e. The molecule has 0 spiro atoms. The van der Waals surface area contributed by atoms with Crippen LogP contribution >= 0.6 is 15.9 Å². The number of imidazole rings is 1. The number of fused-ring (bicyclic) bond motifs is 1. The molecule has 0 aliphatic heterocycles. The van der Waals surface area contributed by atoms with Gasteiger partial charge in [0.25, 0.3) is 5.91 Å². The van der Waals surface area contributed by atoms with Gasteiger partial charge in [0.15, 0.2) is 5.65 Å². The SMILES string of the molecule is O=C(Nc1cnc2cnc(Br)cn12)c1ccccc1. The molecule has 1 aromatic carbocycles. The lowest BCUT2D eigenvalue weighted by molar-refractivity contribution is 0.102. The number of benzene rings is 1. The molecule has 3 rings (SSSR count). The molecule has 0 bridgehead atoms. The molecule has 19 heavy (non-hydrogen) atoms. The number of nitrogens with one attached hydrogen (secondary N) is 1. The van der Waals surface area contributed by atoms with Gasteiger partial charge in [-0.05, 0) is 28.1 Å². The van der Waals surface area contributed by atoms with Crippen LogP contribution in [-0.4, -0.2) is 20.3 Å². The van der Waals surface area contributed by atoms with Gasteiger partial charge in [0.1, 0.15) is 10.4 Å². The number of rotatable bonds is 2. The van der Waals surface area contributed by atoms with E-state index in [0.717, 1.165) is 0 Å². The molecule has 3 aromatic rings. The summed E-state index contributed by atoms with van der Waals surface area (Å²) in [6.45, 7) is 0. The molecule has 0 aliphatic carbocycles. The van der Waals surface area contributed by atoms with Gasteiger partial charge in [0.05, 0.1) is 12.4 Å². The first-order chi connectivity index (χ1) is 9.24. The normalized spacial score (nSPS) is 10.6. The summed E-state index contributed by atoms with van der Waals surface area (Å²) in [4.78, 5) is 20.3. The van der Waals surface area contributed by atoms with E-state index in [1.807, 2.05) is 18.2 Å². The van der Waals surface area contributed by atoms with Crippen LogP contribution in [0.25, 0.3) is 5.65 Å². The van der Waals surface area contributed by atoms with Gasteiger partial charge in [-0.2, -0.15) is 0 Å². The van der Waals surface area contributed by atoms with E-state index in [9.17, 15) is 4.79 Å². The summed E-state index contributed by atoms with van der Waals surface area (Å²) in [6, 6.07) is 9.04. The average molecular weight is 317 g/mol. The number of aromatic nitrogens is 3. The van der Waals surface area contributed by atoms with Crippen LogP contribution in [0.5, 0.6) is 0 Å². The van der Waals surface area contributed by atoms with Crippen molar-refractivity contribution in [2.75, 3.05) is 5.32 Å². The highest BCUT2D eigenvalue weighted by Crippen LogP contribution is 2.15. The Balaban J connectivity index is 1.94. The molecule has 2 aromatic heterocycles. The largest absolute Gasteiger partial charge is 0.306 e. The van der Waals surface area contributed by atoms with Crippen molar-refractivity contribution in [1.29, 1.82) is 0 Å². The van der Waals surface area contributed by atoms with Crippen LogP contribution in [0, 0.1) is 0 Å². The van der Waals surface area contributed by atoms with Crippen LogP contribution < -0.4 is 5.32 Å². The molecule has 0 saturated heterocycles. The number of halogens is 1. The van der Waals surface area contributed by atoms with E-state index in [1.165, 1.54) is 0 Å². The third-order valence-corrected chi connectivity index (χ3v) is 3.05. The Kier molecular flexibility index (Phi) is 3.00. The highest BCUT2D eigenvalue weighted by Gasteiger charge is 2.09. The quantitative estimate of drug-likeness (QED) is 0.790. The molecule has 0 fully saturated rings. The summed E-state index contributed by atoms with van der Waals surface area (Å²) in [6.07, 6.45) is 4.98. The minimum Gasteiger partial charge on any atom is -0.306 e. The highest BCUT2D eigenvalue weighted by atomic mass is 79.9. The third-order valence-electron chi connectivity index (χ3n) is 2.64. The molecule has 1 N–H and O–H groups in total. The average Bonchev–Trinajstić information content (AvgIpc) is 2.82. The van der Waals surface area contributed by atoms with E-state index in [-0.39, 0.29) is 5.91 Å². The van der Waals surface area contributed by atoms with Gasteiger partial charge < -0.3 is 5.32 Å². The number of amides is 1. The van der Waals surface area contributed by atoms with E-state index in [4.69, 9.17) is 0 Å². The zero-order valence-corrected chi connectivity index (χ0v) is 11.3. The van der Waals surface area contributed by atoms with Crippen molar-refractivity contribution in [3.8, 4) is 0 Å². The molecule has 94 valence electrons. The second kappa shape index (κ2) is 4.81. The van der Waals surface area contributed by atoms with Crippen molar-refractivity contribution < 1.29 is 4.79 Å². The summed E-state index contributed by atoms with van der Waals surface area (Å²) in [5.41, 5.74) is 1.28. The molecule has 6 heteroatoms. The fraction of sp³-hybridized carbons (Fsp3) is 0. The number of hydrogen-bond donors (Lipinski definition) is 1. The number of nitrogens with zero attached hydrogens (tertiary/aromatic N) is 3. The van der Waals surface area contributed by atoms with E-state index >= 15 is 0 Å². The van der Waals surface area contributed by atoms with Gasteiger partial charge in [-0.25, -0.2) is 9.97 Å². The zero-order valence-electron chi connectivity index (χ0n) is 9.75. The van der Waals surface area contributed by atoms with Crippen LogP contribution in [0.1, 0.15) is 10.4 Å².